The van der Waals surface area contributed by atoms with E-state index >= 15 is 0 Å². The van der Waals surface area contributed by atoms with E-state index in [-0.39, 0.29) is 18.1 Å². The second-order valence-electron chi connectivity index (χ2n) is 8.28. The van der Waals surface area contributed by atoms with E-state index in [0.29, 0.717) is 42.1 Å². The van der Waals surface area contributed by atoms with Crippen LogP contribution in [0.2, 0.25) is 0 Å². The van der Waals surface area contributed by atoms with Gasteiger partial charge in [-0.3, -0.25) is 14.6 Å². The number of piperazine rings is 1. The van der Waals surface area contributed by atoms with Gasteiger partial charge in [-0.2, -0.15) is 10.5 Å². The number of anilines is 1. The maximum absolute atomic E-state index is 13.3. The van der Waals surface area contributed by atoms with Crippen LogP contribution in [0.25, 0.3) is 0 Å². The first-order valence-electron chi connectivity index (χ1n) is 10.8. The number of carbonyl (C=O) groups is 1. The smallest absolute Gasteiger partial charge is 0.238 e. The van der Waals surface area contributed by atoms with Crippen molar-refractivity contribution >= 4 is 11.6 Å². The number of rotatable bonds is 7. The monoisotopic (exact) mass is 451 g/mol. The average molecular weight is 451 g/mol. The summed E-state index contributed by atoms with van der Waals surface area (Å²) in [4.78, 5) is 16.9. The van der Waals surface area contributed by atoms with Gasteiger partial charge in [0.2, 0.25) is 5.91 Å². The van der Waals surface area contributed by atoms with Crippen molar-refractivity contribution in [1.29, 1.82) is 10.5 Å². The van der Waals surface area contributed by atoms with Gasteiger partial charge in [0, 0.05) is 43.5 Å². The minimum atomic E-state index is -0.996. The number of carbonyl (C=O) groups excluding carboxylic acids is 1. The fraction of sp³-hybridized carbons (Fsp3) is 0.375. The van der Waals surface area contributed by atoms with Crippen molar-refractivity contribution in [2.75, 3.05) is 38.1 Å². The molecule has 2 aliphatic heterocycles. The molecule has 2 heterocycles. The number of nitriles is 2. The molecular weight excluding hydrogens is 428 g/mol. The number of ether oxygens (including phenoxy) is 1. The van der Waals surface area contributed by atoms with E-state index in [9.17, 15) is 18.8 Å². The lowest BCUT2D eigenvalue weighted by Gasteiger charge is -2.40. The highest BCUT2D eigenvalue weighted by molar-refractivity contribution is 5.92. The lowest BCUT2D eigenvalue weighted by Crippen LogP contribution is -2.55. The Balaban J connectivity index is 1.27. The van der Waals surface area contributed by atoms with Crippen LogP contribution in [0.5, 0.6) is 5.75 Å². The van der Waals surface area contributed by atoms with E-state index in [1.54, 1.807) is 12.1 Å². The molecule has 7 nitrogen and oxygen atoms in total. The Morgan fingerprint density at radius 3 is 2.48 bits per heavy atom. The van der Waals surface area contributed by atoms with Crippen molar-refractivity contribution in [2.45, 2.75) is 24.9 Å². The highest BCUT2D eigenvalue weighted by Crippen LogP contribution is 2.30. The molecule has 4 rings (SSSR count). The van der Waals surface area contributed by atoms with Crippen molar-refractivity contribution in [3.63, 3.8) is 0 Å². The summed E-state index contributed by atoms with van der Waals surface area (Å²) < 4.78 is 32.2. The van der Waals surface area contributed by atoms with E-state index < -0.39 is 11.6 Å². The van der Waals surface area contributed by atoms with Crippen molar-refractivity contribution in [3.8, 4) is 17.9 Å². The van der Waals surface area contributed by atoms with Gasteiger partial charge in [0.15, 0.2) is 11.6 Å². The molecular formula is C24H23F2N5O2. The summed E-state index contributed by atoms with van der Waals surface area (Å²) in [5.74, 6) is -1.74. The summed E-state index contributed by atoms with van der Waals surface area (Å²) in [6.45, 7) is 2.79. The summed E-state index contributed by atoms with van der Waals surface area (Å²) in [5, 5.41) is 20.9. The van der Waals surface area contributed by atoms with E-state index in [4.69, 9.17) is 10.00 Å². The summed E-state index contributed by atoms with van der Waals surface area (Å²) >= 11 is 0. The lowest BCUT2D eigenvalue weighted by molar-refractivity contribution is -0.118. The first-order valence-corrected chi connectivity index (χ1v) is 10.8. The van der Waals surface area contributed by atoms with Crippen LogP contribution in [0.1, 0.15) is 24.0 Å². The van der Waals surface area contributed by atoms with Gasteiger partial charge in [-0.25, -0.2) is 8.78 Å². The second-order valence-corrected chi connectivity index (χ2v) is 8.28. The third-order valence-corrected chi connectivity index (χ3v) is 6.12. The molecule has 0 aromatic heterocycles. The molecule has 9 heteroatoms. The number of nitrogens with one attached hydrogen (secondary N) is 1. The van der Waals surface area contributed by atoms with Gasteiger partial charge in [0.05, 0.1) is 23.7 Å². The summed E-state index contributed by atoms with van der Waals surface area (Å²) in [6.07, 6.45) is 2.07. The molecule has 0 radical (unpaired) electrons. The third-order valence-electron chi connectivity index (χ3n) is 6.12. The molecule has 2 aliphatic rings. The molecule has 0 spiro atoms. The van der Waals surface area contributed by atoms with Crippen LogP contribution in [0, 0.1) is 34.3 Å². The largest absolute Gasteiger partial charge is 0.491 e. The van der Waals surface area contributed by atoms with E-state index in [1.807, 2.05) is 6.07 Å². The number of hydrogen-bond acceptors (Lipinski definition) is 6. The molecule has 170 valence electrons. The Kier molecular flexibility index (Phi) is 6.83. The molecule has 0 saturated carbocycles. The number of amides is 1. The molecule has 2 unspecified atom stereocenters. The fourth-order valence-electron chi connectivity index (χ4n) is 4.62. The number of fused-ring (bicyclic) bond motifs is 2. The molecule has 2 saturated heterocycles. The Morgan fingerprint density at radius 2 is 1.82 bits per heavy atom. The second kappa shape index (κ2) is 9.95. The zero-order chi connectivity index (χ0) is 23.4. The number of halogens is 2. The number of benzene rings is 2. The Hall–Kier alpha value is -3.53. The van der Waals surface area contributed by atoms with Gasteiger partial charge in [-0.05, 0) is 43.2 Å². The van der Waals surface area contributed by atoms with Gasteiger partial charge in [0.25, 0.3) is 0 Å². The minimum Gasteiger partial charge on any atom is -0.491 e. The summed E-state index contributed by atoms with van der Waals surface area (Å²) in [5.41, 5.74) is 0.993. The van der Waals surface area contributed by atoms with Crippen LogP contribution < -0.4 is 10.1 Å². The molecule has 33 heavy (non-hydrogen) atoms. The number of likely N-dealkylation sites (tertiary alicyclic amines) is 1. The van der Waals surface area contributed by atoms with E-state index in [2.05, 4.69) is 21.2 Å². The fourth-order valence-corrected chi connectivity index (χ4v) is 4.62. The van der Waals surface area contributed by atoms with Crippen LogP contribution in [0.3, 0.4) is 0 Å². The molecule has 1 amide bonds. The summed E-state index contributed by atoms with van der Waals surface area (Å²) in [6, 6.07) is 12.8. The zero-order valence-corrected chi connectivity index (χ0v) is 17.9. The molecule has 2 fully saturated rings. The molecule has 2 atom stereocenters. The molecule has 1 N–H and O–H groups in total. The first-order chi connectivity index (χ1) is 16.0. The van der Waals surface area contributed by atoms with Crippen LogP contribution in [-0.2, 0) is 4.79 Å². The predicted octanol–water partition coefficient (Wildman–Crippen LogP) is 2.87. The molecule has 2 aromatic rings. The highest BCUT2D eigenvalue weighted by Gasteiger charge is 2.39. The molecule has 0 aliphatic carbocycles. The van der Waals surface area contributed by atoms with Crippen LogP contribution >= 0.6 is 0 Å². The van der Waals surface area contributed by atoms with Crippen LogP contribution in [-0.4, -0.2) is 60.6 Å². The number of nitrogens with zero attached hydrogens (tertiary/aromatic N) is 4. The molecule has 2 bridgehead atoms. The maximum Gasteiger partial charge on any atom is 0.238 e. The quantitative estimate of drug-likeness (QED) is 0.696. The van der Waals surface area contributed by atoms with Gasteiger partial charge in [-0.15, -0.1) is 0 Å². The van der Waals surface area contributed by atoms with Gasteiger partial charge < -0.3 is 10.1 Å². The van der Waals surface area contributed by atoms with Crippen LogP contribution in [0.15, 0.2) is 36.4 Å². The highest BCUT2D eigenvalue weighted by atomic mass is 19.2. The molecule has 2 aromatic carbocycles. The van der Waals surface area contributed by atoms with Gasteiger partial charge in [0.1, 0.15) is 18.4 Å². The van der Waals surface area contributed by atoms with Gasteiger partial charge >= 0.3 is 0 Å². The normalized spacial score (nSPS) is 20.1. The lowest BCUT2D eigenvalue weighted by atomic mass is 10.1. The van der Waals surface area contributed by atoms with Crippen molar-refractivity contribution in [3.05, 3.63) is 59.2 Å². The Bertz CT molecular complexity index is 1110. The van der Waals surface area contributed by atoms with Crippen LogP contribution in [0.4, 0.5) is 14.5 Å². The standard InChI is InChI=1S/C24H23F2N5O2/c25-21-5-2-18(10-22(21)26)29-24(32)15-30-13-19-3-4-20(14-30)31(19)7-8-33-23-6-1-16(11-27)9-17(23)12-28/h1-2,5-6,9-10,19-20H,3-4,7-8,13-15H2,(H,29,32). The first kappa shape index (κ1) is 22.7. The summed E-state index contributed by atoms with van der Waals surface area (Å²) in [7, 11) is 0. The predicted molar refractivity (Wildman–Crippen MR) is 116 cm³/mol. The Morgan fingerprint density at radius 1 is 1.06 bits per heavy atom. The van der Waals surface area contributed by atoms with Gasteiger partial charge in [-0.1, -0.05) is 0 Å². The number of hydrogen-bond donors (Lipinski definition) is 1. The van der Waals surface area contributed by atoms with Crippen molar-refractivity contribution in [1.82, 2.24) is 9.80 Å². The van der Waals surface area contributed by atoms with E-state index in [0.717, 1.165) is 38.1 Å². The third kappa shape index (κ3) is 5.28. The topological polar surface area (TPSA) is 92.4 Å². The Labute approximate surface area is 190 Å². The SMILES string of the molecule is N#Cc1ccc(OCCN2C3CCC2CN(CC(=O)Nc2ccc(F)c(F)c2)C3)c(C#N)c1. The van der Waals surface area contributed by atoms with Crippen molar-refractivity contribution < 1.29 is 18.3 Å². The minimum absolute atomic E-state index is 0.188. The maximum atomic E-state index is 13.3. The van der Waals surface area contributed by atoms with Crippen molar-refractivity contribution in [2.24, 2.45) is 0 Å². The zero-order valence-electron chi connectivity index (χ0n) is 17.9. The average Bonchev–Trinajstić information content (AvgIpc) is 3.04. The van der Waals surface area contributed by atoms with E-state index in [1.165, 1.54) is 12.1 Å².